The summed E-state index contributed by atoms with van der Waals surface area (Å²) >= 11 is 6.20. The zero-order valence-electron chi connectivity index (χ0n) is 16.5. The van der Waals surface area contributed by atoms with E-state index >= 15 is 0 Å². The third-order valence-corrected chi connectivity index (χ3v) is 6.16. The van der Waals surface area contributed by atoms with Gasteiger partial charge in [0.2, 0.25) is 17.6 Å². The van der Waals surface area contributed by atoms with Crippen molar-refractivity contribution in [3.8, 4) is 6.07 Å². The van der Waals surface area contributed by atoms with Gasteiger partial charge in [-0.05, 0) is 12.1 Å². The number of nitrogens with zero attached hydrogens (tertiary/aromatic N) is 2. The van der Waals surface area contributed by atoms with Crippen LogP contribution in [0.25, 0.3) is 0 Å². The van der Waals surface area contributed by atoms with E-state index in [0.29, 0.717) is 16.3 Å². The second kappa shape index (κ2) is 6.67. The van der Waals surface area contributed by atoms with Crippen molar-refractivity contribution in [3.05, 3.63) is 99.6 Å². The molecular formula is C24H14ClN3O4. The van der Waals surface area contributed by atoms with Crippen LogP contribution in [0.2, 0.25) is 5.02 Å². The van der Waals surface area contributed by atoms with Crippen molar-refractivity contribution in [1.82, 2.24) is 0 Å². The molecule has 2 aromatic carbocycles. The van der Waals surface area contributed by atoms with Crippen molar-refractivity contribution in [3.63, 3.8) is 0 Å². The van der Waals surface area contributed by atoms with E-state index in [0.717, 1.165) is 0 Å². The van der Waals surface area contributed by atoms with Gasteiger partial charge in [0.05, 0.1) is 11.3 Å². The van der Waals surface area contributed by atoms with E-state index in [1.54, 1.807) is 30.3 Å². The Kier molecular flexibility index (Phi) is 4.13. The molecule has 1 atom stereocenters. The van der Waals surface area contributed by atoms with Crippen LogP contribution < -0.4 is 10.6 Å². The number of halogens is 1. The van der Waals surface area contributed by atoms with Crippen molar-refractivity contribution in [2.24, 2.45) is 5.73 Å². The van der Waals surface area contributed by atoms with E-state index in [-0.39, 0.29) is 34.6 Å². The van der Waals surface area contributed by atoms with Gasteiger partial charge in [0.1, 0.15) is 17.1 Å². The van der Waals surface area contributed by atoms with E-state index in [2.05, 4.69) is 6.58 Å². The Bertz CT molecular complexity index is 1400. The van der Waals surface area contributed by atoms with Crippen LogP contribution in [-0.2, 0) is 14.9 Å². The van der Waals surface area contributed by atoms with Crippen molar-refractivity contribution in [1.29, 1.82) is 5.26 Å². The van der Waals surface area contributed by atoms with Gasteiger partial charge in [-0.15, -0.1) is 6.58 Å². The number of hydrogen-bond donors (Lipinski definition) is 1. The Hall–Kier alpha value is -4.15. The van der Waals surface area contributed by atoms with E-state index in [9.17, 15) is 19.6 Å². The Morgan fingerprint density at radius 3 is 2.50 bits per heavy atom. The van der Waals surface area contributed by atoms with Crippen molar-refractivity contribution < 1.29 is 19.1 Å². The Balaban J connectivity index is 1.92. The minimum absolute atomic E-state index is 0.0920. The fourth-order valence-corrected chi connectivity index (χ4v) is 4.83. The molecule has 3 aliphatic rings. The summed E-state index contributed by atoms with van der Waals surface area (Å²) in [6, 6.07) is 12.9. The fourth-order valence-electron chi connectivity index (χ4n) is 4.67. The maximum Gasteiger partial charge on any atom is 0.248 e. The summed E-state index contributed by atoms with van der Waals surface area (Å²) < 4.78 is 5.53. The Morgan fingerprint density at radius 1 is 1.16 bits per heavy atom. The molecule has 0 bridgehead atoms. The van der Waals surface area contributed by atoms with Gasteiger partial charge in [-0.3, -0.25) is 14.4 Å². The van der Waals surface area contributed by atoms with Gasteiger partial charge in [-0.2, -0.15) is 5.26 Å². The summed E-state index contributed by atoms with van der Waals surface area (Å²) in [6.07, 6.45) is 1.51. The molecule has 0 saturated heterocycles. The molecule has 0 radical (unpaired) electrons. The number of nitriles is 1. The summed E-state index contributed by atoms with van der Waals surface area (Å²) in [5.74, 6) is -2.52. The highest BCUT2D eigenvalue weighted by molar-refractivity contribution is 6.33. The van der Waals surface area contributed by atoms with Crippen molar-refractivity contribution in [2.45, 2.75) is 5.41 Å². The van der Waals surface area contributed by atoms with Crippen LogP contribution in [0.5, 0.6) is 0 Å². The van der Waals surface area contributed by atoms with Crippen LogP contribution >= 0.6 is 11.6 Å². The van der Waals surface area contributed by atoms with Gasteiger partial charge in [0.15, 0.2) is 11.5 Å². The number of anilines is 1. The van der Waals surface area contributed by atoms with Crippen molar-refractivity contribution >= 4 is 34.8 Å². The number of allylic oxidation sites excluding steroid dienone is 1. The number of ether oxygens (including phenoxy) is 1. The highest BCUT2D eigenvalue weighted by atomic mass is 35.5. The predicted molar refractivity (Wildman–Crippen MR) is 116 cm³/mol. The average Bonchev–Trinajstić information content (AvgIpc) is 3.00. The lowest BCUT2D eigenvalue weighted by molar-refractivity contribution is -0.121. The molecule has 2 heterocycles. The van der Waals surface area contributed by atoms with Gasteiger partial charge in [0.25, 0.3) is 0 Å². The average molecular weight is 444 g/mol. The first kappa shape index (κ1) is 19.8. The van der Waals surface area contributed by atoms with Crippen molar-refractivity contribution in [2.75, 3.05) is 11.4 Å². The first-order valence-electron chi connectivity index (χ1n) is 9.62. The molecule has 5 rings (SSSR count). The van der Waals surface area contributed by atoms with Crippen LogP contribution in [0.15, 0.2) is 77.9 Å². The van der Waals surface area contributed by atoms with Gasteiger partial charge in [0, 0.05) is 28.3 Å². The van der Waals surface area contributed by atoms with Crippen LogP contribution in [0.3, 0.4) is 0 Å². The van der Waals surface area contributed by atoms with Crippen LogP contribution in [0.1, 0.15) is 26.3 Å². The Morgan fingerprint density at radius 2 is 1.84 bits per heavy atom. The van der Waals surface area contributed by atoms with Crippen LogP contribution in [0.4, 0.5) is 5.69 Å². The molecular weight excluding hydrogens is 430 g/mol. The number of Topliss-reactive ketones (excluding diaryl/α,β-unsaturated/α-hetero) is 2. The molecule has 2 aromatic rings. The third kappa shape index (κ3) is 2.22. The normalized spacial score (nSPS) is 21.2. The molecule has 0 fully saturated rings. The number of carbonyl (C=O) groups is 3. The number of amides is 1. The number of rotatable bonds is 2. The molecule has 1 aliphatic carbocycles. The SMILES string of the molecule is C=CCN1C(=O)[C@@]2(C(C#N)=C(N)OC3=C2C(=O)c2ccccc2C3=O)c2ccc(Cl)cc21. The third-order valence-electron chi connectivity index (χ3n) is 5.93. The number of nitrogens with two attached hydrogens (primary N) is 1. The smallest absolute Gasteiger partial charge is 0.248 e. The monoisotopic (exact) mass is 443 g/mol. The quantitative estimate of drug-likeness (QED) is 0.713. The maximum atomic E-state index is 14.0. The number of carbonyl (C=O) groups excluding carboxylic acids is 3. The lowest BCUT2D eigenvalue weighted by Crippen LogP contribution is -2.50. The topological polar surface area (TPSA) is 113 Å². The van der Waals surface area contributed by atoms with Gasteiger partial charge in [-0.1, -0.05) is 48.0 Å². The van der Waals surface area contributed by atoms with E-state index in [4.69, 9.17) is 22.1 Å². The number of fused-ring (bicyclic) bond motifs is 4. The summed E-state index contributed by atoms with van der Waals surface area (Å²) in [5.41, 5.74) is 4.66. The van der Waals surface area contributed by atoms with Gasteiger partial charge in [-0.25, -0.2) is 0 Å². The van der Waals surface area contributed by atoms with E-state index in [1.807, 2.05) is 6.07 Å². The molecule has 2 aliphatic heterocycles. The number of benzene rings is 2. The number of ketones is 2. The van der Waals surface area contributed by atoms with E-state index < -0.39 is 28.8 Å². The number of hydrogen-bond acceptors (Lipinski definition) is 6. The minimum Gasteiger partial charge on any atom is -0.436 e. The summed E-state index contributed by atoms with van der Waals surface area (Å²) in [5, 5.41) is 10.4. The lowest BCUT2D eigenvalue weighted by atomic mass is 9.64. The maximum absolute atomic E-state index is 14.0. The first-order chi connectivity index (χ1) is 15.4. The summed E-state index contributed by atoms with van der Waals surface area (Å²) in [6.45, 7) is 3.79. The van der Waals surface area contributed by atoms with Gasteiger partial charge >= 0.3 is 0 Å². The minimum atomic E-state index is -1.93. The zero-order chi connectivity index (χ0) is 22.8. The lowest BCUT2D eigenvalue weighted by Gasteiger charge is -2.37. The molecule has 7 nitrogen and oxygen atoms in total. The molecule has 0 aromatic heterocycles. The molecule has 1 amide bonds. The van der Waals surface area contributed by atoms with Gasteiger partial charge < -0.3 is 15.4 Å². The predicted octanol–water partition coefficient (Wildman–Crippen LogP) is 3.17. The first-order valence-corrected chi connectivity index (χ1v) is 10.00. The molecule has 156 valence electrons. The molecule has 32 heavy (non-hydrogen) atoms. The molecule has 2 N–H and O–H groups in total. The summed E-state index contributed by atoms with van der Waals surface area (Å²) in [7, 11) is 0. The highest BCUT2D eigenvalue weighted by Gasteiger charge is 2.63. The van der Waals surface area contributed by atoms with Crippen LogP contribution in [-0.4, -0.2) is 24.0 Å². The largest absolute Gasteiger partial charge is 0.436 e. The van der Waals surface area contributed by atoms with E-state index in [1.165, 1.54) is 23.1 Å². The summed E-state index contributed by atoms with van der Waals surface area (Å²) in [4.78, 5) is 42.4. The standard InChI is InChI=1S/C24H14ClN3O4/c1-2-9-28-17-10-12(25)7-8-15(17)24(23(28)31)16(11-26)22(27)32-21-18(24)19(29)13-5-3-4-6-14(13)20(21)30/h2-8,10H,1,9,27H2/t24-/m1/s1. The molecule has 8 heteroatoms. The second-order valence-electron chi connectivity index (χ2n) is 7.48. The second-order valence-corrected chi connectivity index (χ2v) is 7.91. The molecule has 1 spiro atoms. The Labute approximate surface area is 187 Å². The highest BCUT2D eigenvalue weighted by Crippen LogP contribution is 2.56. The molecule has 0 unspecified atom stereocenters. The van der Waals surface area contributed by atoms with Crippen LogP contribution in [0, 0.1) is 11.3 Å². The fraction of sp³-hybridized carbons (Fsp3) is 0.0833. The molecule has 0 saturated carbocycles. The zero-order valence-corrected chi connectivity index (χ0v) is 17.3.